The number of hydrogen-bond donors (Lipinski definition) is 1. The molecule has 0 aliphatic heterocycles. The summed E-state index contributed by atoms with van der Waals surface area (Å²) in [7, 11) is 0. The molecule has 1 saturated carbocycles. The predicted octanol–water partition coefficient (Wildman–Crippen LogP) is 2.35. The van der Waals surface area contributed by atoms with Crippen LogP contribution in [0.15, 0.2) is 12.1 Å². The number of aromatic carboxylic acids is 1. The van der Waals surface area contributed by atoms with Gasteiger partial charge in [0.25, 0.3) is 0 Å². The number of nitrogens with zero attached hydrogens (tertiary/aromatic N) is 2. The molecule has 4 nitrogen and oxygen atoms in total. The number of carbonyl (C=O) groups is 1. The molecule has 88 valence electrons. The van der Waals surface area contributed by atoms with E-state index in [0.717, 1.165) is 18.9 Å². The van der Waals surface area contributed by atoms with Gasteiger partial charge in [-0.3, -0.25) is 0 Å². The zero-order chi connectivity index (χ0) is 12.2. The third kappa shape index (κ3) is 1.40. The van der Waals surface area contributed by atoms with Crippen LogP contribution in [-0.2, 0) is 0 Å². The molecule has 0 saturated heterocycles. The van der Waals surface area contributed by atoms with Crippen molar-refractivity contribution in [1.82, 2.24) is 9.55 Å². The summed E-state index contributed by atoms with van der Waals surface area (Å²) in [5, 5.41) is 9.00. The van der Waals surface area contributed by atoms with Crippen molar-refractivity contribution in [3.05, 3.63) is 29.6 Å². The lowest BCUT2D eigenvalue weighted by Gasteiger charge is -2.04. The summed E-state index contributed by atoms with van der Waals surface area (Å²) in [6.07, 6.45) is 1.53. The fourth-order valence-corrected chi connectivity index (χ4v) is 1.96. The van der Waals surface area contributed by atoms with Crippen LogP contribution in [0.4, 0.5) is 8.78 Å². The molecule has 0 amide bonds. The highest BCUT2D eigenvalue weighted by molar-refractivity contribution is 5.90. The SMILES string of the molecule is O=C(O)c1nc2ccc(F)c(F)c2n1C1CC1. The number of halogens is 2. The molecule has 1 N–H and O–H groups in total. The van der Waals surface area contributed by atoms with Crippen LogP contribution >= 0.6 is 0 Å². The van der Waals surface area contributed by atoms with E-state index in [0.29, 0.717) is 0 Å². The van der Waals surface area contributed by atoms with Gasteiger partial charge in [0.15, 0.2) is 11.6 Å². The number of aromatic nitrogens is 2. The van der Waals surface area contributed by atoms with Gasteiger partial charge in [0.05, 0.1) is 5.52 Å². The highest BCUT2D eigenvalue weighted by Gasteiger charge is 2.32. The summed E-state index contributed by atoms with van der Waals surface area (Å²) in [6.45, 7) is 0. The molecule has 0 bridgehead atoms. The van der Waals surface area contributed by atoms with E-state index in [1.54, 1.807) is 0 Å². The average Bonchev–Trinajstić information content (AvgIpc) is 3.04. The van der Waals surface area contributed by atoms with Crippen LogP contribution in [0.2, 0.25) is 0 Å². The molecular formula is C11H8F2N2O2. The molecule has 1 aliphatic rings. The van der Waals surface area contributed by atoms with Gasteiger partial charge in [-0.2, -0.15) is 0 Å². The Hall–Kier alpha value is -1.98. The van der Waals surface area contributed by atoms with E-state index in [1.807, 2.05) is 0 Å². The fourth-order valence-electron chi connectivity index (χ4n) is 1.96. The minimum absolute atomic E-state index is 0.0510. The summed E-state index contributed by atoms with van der Waals surface area (Å²) < 4.78 is 28.1. The lowest BCUT2D eigenvalue weighted by molar-refractivity contribution is 0.0678. The van der Waals surface area contributed by atoms with Crippen molar-refractivity contribution < 1.29 is 18.7 Å². The van der Waals surface area contributed by atoms with Crippen molar-refractivity contribution in [2.75, 3.05) is 0 Å². The molecule has 17 heavy (non-hydrogen) atoms. The first-order valence-corrected chi connectivity index (χ1v) is 5.19. The van der Waals surface area contributed by atoms with Crippen LogP contribution in [0.3, 0.4) is 0 Å². The third-order valence-corrected chi connectivity index (χ3v) is 2.85. The number of carboxylic acids is 1. The summed E-state index contributed by atoms with van der Waals surface area (Å²) in [5.41, 5.74) is 0.123. The maximum Gasteiger partial charge on any atom is 0.372 e. The standard InChI is InChI=1S/C11H8F2N2O2/c12-6-3-4-7-9(8(6)13)15(5-1-2-5)10(14-7)11(16)17/h3-5H,1-2H2,(H,16,17). The first-order chi connectivity index (χ1) is 8.09. The molecule has 1 aromatic carbocycles. The van der Waals surface area contributed by atoms with E-state index >= 15 is 0 Å². The Morgan fingerprint density at radius 2 is 2.12 bits per heavy atom. The largest absolute Gasteiger partial charge is 0.475 e. The monoisotopic (exact) mass is 238 g/mol. The Balaban J connectivity index is 2.40. The van der Waals surface area contributed by atoms with Crippen LogP contribution in [0.1, 0.15) is 29.5 Å². The fraction of sp³-hybridized carbons (Fsp3) is 0.273. The van der Waals surface area contributed by atoms with Crippen molar-refractivity contribution in [2.24, 2.45) is 0 Å². The molecule has 3 rings (SSSR count). The molecule has 0 unspecified atom stereocenters. The number of imidazole rings is 1. The molecule has 1 heterocycles. The maximum absolute atomic E-state index is 13.7. The highest BCUT2D eigenvalue weighted by atomic mass is 19.2. The molecular weight excluding hydrogens is 230 g/mol. The summed E-state index contributed by atoms with van der Waals surface area (Å²) in [4.78, 5) is 14.9. The molecule has 0 radical (unpaired) electrons. The Morgan fingerprint density at radius 3 is 2.71 bits per heavy atom. The first-order valence-electron chi connectivity index (χ1n) is 5.19. The minimum Gasteiger partial charge on any atom is -0.475 e. The lowest BCUT2D eigenvalue weighted by Crippen LogP contribution is -2.09. The Kier molecular flexibility index (Phi) is 1.95. The molecule has 0 atom stereocenters. The van der Waals surface area contributed by atoms with Crippen LogP contribution in [0.25, 0.3) is 11.0 Å². The smallest absolute Gasteiger partial charge is 0.372 e. The quantitative estimate of drug-likeness (QED) is 0.873. The predicted molar refractivity (Wildman–Crippen MR) is 54.9 cm³/mol. The first kappa shape index (κ1) is 10.2. The minimum atomic E-state index is -1.23. The molecule has 0 spiro atoms. The second-order valence-electron chi connectivity index (χ2n) is 4.07. The van der Waals surface area contributed by atoms with Crippen LogP contribution in [0, 0.1) is 11.6 Å². The van der Waals surface area contributed by atoms with Gasteiger partial charge in [-0.05, 0) is 25.0 Å². The van der Waals surface area contributed by atoms with Gasteiger partial charge in [0.2, 0.25) is 5.82 Å². The van der Waals surface area contributed by atoms with Gasteiger partial charge in [-0.1, -0.05) is 0 Å². The lowest BCUT2D eigenvalue weighted by atomic mass is 10.3. The van der Waals surface area contributed by atoms with E-state index in [9.17, 15) is 13.6 Å². The van der Waals surface area contributed by atoms with Gasteiger partial charge < -0.3 is 9.67 Å². The molecule has 1 fully saturated rings. The average molecular weight is 238 g/mol. The van der Waals surface area contributed by atoms with Gasteiger partial charge >= 0.3 is 5.97 Å². The van der Waals surface area contributed by atoms with Crippen LogP contribution in [-0.4, -0.2) is 20.6 Å². The summed E-state index contributed by atoms with van der Waals surface area (Å²) >= 11 is 0. The Morgan fingerprint density at radius 1 is 1.41 bits per heavy atom. The van der Waals surface area contributed by atoms with E-state index < -0.39 is 17.6 Å². The van der Waals surface area contributed by atoms with Crippen molar-refractivity contribution in [3.8, 4) is 0 Å². The van der Waals surface area contributed by atoms with E-state index in [1.165, 1.54) is 10.6 Å². The highest BCUT2D eigenvalue weighted by Crippen LogP contribution is 2.39. The zero-order valence-corrected chi connectivity index (χ0v) is 8.65. The normalized spacial score (nSPS) is 15.4. The van der Waals surface area contributed by atoms with Crippen molar-refractivity contribution in [3.63, 3.8) is 0 Å². The number of benzene rings is 1. The van der Waals surface area contributed by atoms with Gasteiger partial charge in [-0.25, -0.2) is 18.6 Å². The molecule has 1 aliphatic carbocycles. The molecule has 6 heteroatoms. The van der Waals surface area contributed by atoms with Crippen molar-refractivity contribution in [2.45, 2.75) is 18.9 Å². The second-order valence-corrected chi connectivity index (χ2v) is 4.07. The molecule has 2 aromatic rings. The topological polar surface area (TPSA) is 55.1 Å². The van der Waals surface area contributed by atoms with Crippen LogP contribution < -0.4 is 0 Å². The van der Waals surface area contributed by atoms with Crippen molar-refractivity contribution in [1.29, 1.82) is 0 Å². The number of fused-ring (bicyclic) bond motifs is 1. The van der Waals surface area contributed by atoms with E-state index in [4.69, 9.17) is 5.11 Å². The van der Waals surface area contributed by atoms with Gasteiger partial charge in [-0.15, -0.1) is 0 Å². The third-order valence-electron chi connectivity index (χ3n) is 2.85. The van der Waals surface area contributed by atoms with Gasteiger partial charge in [0, 0.05) is 6.04 Å². The Labute approximate surface area is 94.5 Å². The summed E-state index contributed by atoms with van der Waals surface area (Å²) in [5.74, 6) is -3.48. The van der Waals surface area contributed by atoms with Crippen LogP contribution in [0.5, 0.6) is 0 Å². The zero-order valence-electron chi connectivity index (χ0n) is 8.65. The summed E-state index contributed by atoms with van der Waals surface area (Å²) in [6, 6.07) is 2.16. The second kappa shape index (κ2) is 3.26. The number of hydrogen-bond acceptors (Lipinski definition) is 2. The maximum atomic E-state index is 13.7. The van der Waals surface area contributed by atoms with Crippen molar-refractivity contribution >= 4 is 17.0 Å². The number of rotatable bonds is 2. The number of carboxylic acid groups (broad SMARTS) is 1. The van der Waals surface area contributed by atoms with E-state index in [-0.39, 0.29) is 22.9 Å². The van der Waals surface area contributed by atoms with Gasteiger partial charge in [0.1, 0.15) is 5.52 Å². The Bertz CT molecular complexity index is 632. The molecule has 1 aromatic heterocycles. The van der Waals surface area contributed by atoms with E-state index in [2.05, 4.69) is 4.98 Å².